The van der Waals surface area contributed by atoms with Gasteiger partial charge in [-0.25, -0.2) is 0 Å². The molecule has 0 saturated heterocycles. The second kappa shape index (κ2) is 6.41. The molecule has 92 valence electrons. The van der Waals surface area contributed by atoms with Gasteiger partial charge >= 0.3 is 0 Å². The third kappa shape index (κ3) is 3.33. The van der Waals surface area contributed by atoms with Crippen molar-refractivity contribution in [3.8, 4) is 0 Å². The monoisotopic (exact) mass is 223 g/mol. The first-order chi connectivity index (χ1) is 7.90. The zero-order valence-corrected chi connectivity index (χ0v) is 10.3. The molecule has 0 aromatic carbocycles. The van der Waals surface area contributed by atoms with Gasteiger partial charge in [-0.15, -0.1) is 0 Å². The van der Waals surface area contributed by atoms with Gasteiger partial charge in [-0.2, -0.15) is 0 Å². The molecular formula is C14H25NO. The van der Waals surface area contributed by atoms with Crippen molar-refractivity contribution in [2.75, 3.05) is 19.7 Å². The van der Waals surface area contributed by atoms with Gasteiger partial charge in [0.1, 0.15) is 0 Å². The molecule has 1 unspecified atom stereocenters. The van der Waals surface area contributed by atoms with Gasteiger partial charge in [-0.3, -0.25) is 4.90 Å². The Hall–Kier alpha value is -0.340. The largest absolute Gasteiger partial charge is 0.395 e. The summed E-state index contributed by atoms with van der Waals surface area (Å²) in [6, 6.07) is 0.762. The summed E-state index contributed by atoms with van der Waals surface area (Å²) in [5, 5.41) is 9.17. The summed E-state index contributed by atoms with van der Waals surface area (Å²) in [7, 11) is 0. The minimum atomic E-state index is 0.319. The third-order valence-corrected chi connectivity index (χ3v) is 4.10. The molecule has 0 spiro atoms. The van der Waals surface area contributed by atoms with E-state index in [0.29, 0.717) is 6.61 Å². The fraction of sp³-hybridized carbons (Fsp3) is 0.857. The van der Waals surface area contributed by atoms with Crippen LogP contribution in [0.3, 0.4) is 0 Å². The van der Waals surface area contributed by atoms with Crippen LogP contribution in [0.2, 0.25) is 0 Å². The number of aliphatic hydroxyl groups is 1. The Kier molecular flexibility index (Phi) is 4.86. The molecule has 2 heteroatoms. The Bertz CT molecular complexity index is 221. The van der Waals surface area contributed by atoms with Crippen LogP contribution in [0, 0.1) is 5.92 Å². The maximum Gasteiger partial charge on any atom is 0.0558 e. The molecular weight excluding hydrogens is 198 g/mol. The first kappa shape index (κ1) is 12.1. The zero-order valence-electron chi connectivity index (χ0n) is 10.3. The molecule has 1 saturated carbocycles. The number of hydrogen-bond acceptors (Lipinski definition) is 2. The summed E-state index contributed by atoms with van der Waals surface area (Å²) in [6.45, 7) is 2.40. The van der Waals surface area contributed by atoms with E-state index in [1.807, 2.05) is 0 Å². The van der Waals surface area contributed by atoms with Crippen molar-refractivity contribution in [2.45, 2.75) is 51.0 Å². The van der Waals surface area contributed by atoms with Gasteiger partial charge < -0.3 is 5.11 Å². The second-order valence-electron chi connectivity index (χ2n) is 5.31. The van der Waals surface area contributed by atoms with Gasteiger partial charge in [-0.05, 0) is 38.0 Å². The molecule has 0 radical (unpaired) electrons. The molecule has 2 aliphatic carbocycles. The molecule has 2 rings (SSSR count). The van der Waals surface area contributed by atoms with E-state index in [-0.39, 0.29) is 0 Å². The van der Waals surface area contributed by atoms with E-state index in [2.05, 4.69) is 17.1 Å². The molecule has 1 fully saturated rings. The van der Waals surface area contributed by atoms with Gasteiger partial charge in [-0.1, -0.05) is 25.0 Å². The summed E-state index contributed by atoms with van der Waals surface area (Å²) < 4.78 is 0. The molecule has 2 aliphatic rings. The van der Waals surface area contributed by atoms with Crippen molar-refractivity contribution in [3.63, 3.8) is 0 Å². The highest BCUT2D eigenvalue weighted by molar-refractivity contribution is 4.91. The van der Waals surface area contributed by atoms with Crippen LogP contribution in [0.5, 0.6) is 0 Å². The van der Waals surface area contributed by atoms with Gasteiger partial charge in [0.15, 0.2) is 0 Å². The SMILES string of the molecule is OCCN(CC1CC=CCC1)C1CCCC1. The van der Waals surface area contributed by atoms with E-state index >= 15 is 0 Å². The number of nitrogens with zero attached hydrogens (tertiary/aromatic N) is 1. The van der Waals surface area contributed by atoms with E-state index in [9.17, 15) is 5.11 Å². The van der Waals surface area contributed by atoms with Gasteiger partial charge in [0.05, 0.1) is 6.61 Å². The second-order valence-corrected chi connectivity index (χ2v) is 5.31. The molecule has 1 atom stereocenters. The van der Waals surface area contributed by atoms with Crippen molar-refractivity contribution in [1.82, 2.24) is 4.90 Å². The molecule has 16 heavy (non-hydrogen) atoms. The van der Waals surface area contributed by atoms with Crippen LogP contribution in [-0.2, 0) is 0 Å². The van der Waals surface area contributed by atoms with E-state index in [0.717, 1.165) is 18.5 Å². The van der Waals surface area contributed by atoms with Crippen molar-refractivity contribution in [1.29, 1.82) is 0 Å². The Morgan fingerprint density at radius 2 is 1.94 bits per heavy atom. The van der Waals surface area contributed by atoms with Crippen LogP contribution < -0.4 is 0 Å². The lowest BCUT2D eigenvalue weighted by molar-refractivity contribution is 0.128. The Labute approximate surface area is 99.3 Å². The van der Waals surface area contributed by atoms with Crippen LogP contribution >= 0.6 is 0 Å². The molecule has 0 aromatic rings. The first-order valence-electron chi connectivity index (χ1n) is 6.90. The van der Waals surface area contributed by atoms with Gasteiger partial charge in [0, 0.05) is 19.1 Å². The highest BCUT2D eigenvalue weighted by atomic mass is 16.3. The summed E-state index contributed by atoms with van der Waals surface area (Å²) in [4.78, 5) is 2.55. The summed E-state index contributed by atoms with van der Waals surface area (Å²) in [5.41, 5.74) is 0. The first-order valence-corrected chi connectivity index (χ1v) is 6.90. The smallest absolute Gasteiger partial charge is 0.0558 e. The molecule has 0 aliphatic heterocycles. The molecule has 0 bridgehead atoms. The normalized spacial score (nSPS) is 26.8. The summed E-state index contributed by atoms with van der Waals surface area (Å²) >= 11 is 0. The number of rotatable bonds is 5. The van der Waals surface area contributed by atoms with E-state index in [1.54, 1.807) is 0 Å². The van der Waals surface area contributed by atoms with Crippen molar-refractivity contribution < 1.29 is 5.11 Å². The van der Waals surface area contributed by atoms with E-state index in [4.69, 9.17) is 0 Å². The molecule has 2 nitrogen and oxygen atoms in total. The maximum absolute atomic E-state index is 9.17. The topological polar surface area (TPSA) is 23.5 Å². The standard InChI is InChI=1S/C14H25NO/c16-11-10-15(14-8-4-5-9-14)12-13-6-2-1-3-7-13/h1-2,13-14,16H,3-12H2. The van der Waals surface area contributed by atoms with Crippen molar-refractivity contribution in [3.05, 3.63) is 12.2 Å². The molecule has 1 N–H and O–H groups in total. The third-order valence-electron chi connectivity index (χ3n) is 4.10. The van der Waals surface area contributed by atoms with E-state index in [1.165, 1.54) is 51.5 Å². The maximum atomic E-state index is 9.17. The summed E-state index contributed by atoms with van der Waals surface area (Å²) in [5.74, 6) is 0.831. The number of allylic oxidation sites excluding steroid dienone is 2. The predicted octanol–water partition coefficient (Wildman–Crippen LogP) is 2.58. The van der Waals surface area contributed by atoms with Gasteiger partial charge in [0.25, 0.3) is 0 Å². The predicted molar refractivity (Wildman–Crippen MR) is 67.4 cm³/mol. The molecule has 0 aromatic heterocycles. The van der Waals surface area contributed by atoms with Crippen LogP contribution in [0.1, 0.15) is 44.9 Å². The minimum absolute atomic E-state index is 0.319. The zero-order chi connectivity index (χ0) is 11.2. The molecule has 0 amide bonds. The Morgan fingerprint density at radius 3 is 2.56 bits per heavy atom. The fourth-order valence-corrected chi connectivity index (χ4v) is 3.17. The highest BCUT2D eigenvalue weighted by Gasteiger charge is 2.24. The van der Waals surface area contributed by atoms with E-state index < -0.39 is 0 Å². The highest BCUT2D eigenvalue weighted by Crippen LogP contribution is 2.26. The lowest BCUT2D eigenvalue weighted by Crippen LogP contribution is -2.39. The average molecular weight is 223 g/mol. The average Bonchev–Trinajstić information content (AvgIpc) is 2.83. The number of hydrogen-bond donors (Lipinski definition) is 1. The van der Waals surface area contributed by atoms with Crippen LogP contribution in [-0.4, -0.2) is 35.7 Å². The van der Waals surface area contributed by atoms with Crippen molar-refractivity contribution in [2.24, 2.45) is 5.92 Å². The van der Waals surface area contributed by atoms with Crippen LogP contribution in [0.4, 0.5) is 0 Å². The minimum Gasteiger partial charge on any atom is -0.395 e. The Balaban J connectivity index is 1.83. The van der Waals surface area contributed by atoms with Gasteiger partial charge in [0.2, 0.25) is 0 Å². The quantitative estimate of drug-likeness (QED) is 0.724. The van der Waals surface area contributed by atoms with Crippen LogP contribution in [0.25, 0.3) is 0 Å². The number of aliphatic hydroxyl groups excluding tert-OH is 1. The van der Waals surface area contributed by atoms with Crippen molar-refractivity contribution >= 4 is 0 Å². The Morgan fingerprint density at radius 1 is 1.12 bits per heavy atom. The van der Waals surface area contributed by atoms with Crippen LogP contribution in [0.15, 0.2) is 12.2 Å². The lowest BCUT2D eigenvalue weighted by atomic mass is 9.93. The molecule has 0 heterocycles. The fourth-order valence-electron chi connectivity index (χ4n) is 3.17. The summed E-state index contributed by atoms with van der Waals surface area (Å²) in [6.07, 6.45) is 13.9. The lowest BCUT2D eigenvalue weighted by Gasteiger charge is -2.32.